The molecule has 6 nitrogen and oxygen atoms in total. The minimum atomic E-state index is -1.43. The molecule has 0 aromatic heterocycles. The maximum atomic E-state index is 13.2. The summed E-state index contributed by atoms with van der Waals surface area (Å²) in [5.74, 6) is -5.20. The topological polar surface area (TPSA) is 86.7 Å². The van der Waals surface area contributed by atoms with Gasteiger partial charge in [-0.25, -0.2) is 0 Å². The number of carbonyl (C=O) groups is 4. The summed E-state index contributed by atoms with van der Waals surface area (Å²) in [6, 6.07) is 0. The molecule has 0 aliphatic heterocycles. The second-order valence-corrected chi connectivity index (χ2v) is 6.96. The van der Waals surface area contributed by atoms with Crippen molar-refractivity contribution in [3.8, 4) is 0 Å². The van der Waals surface area contributed by atoms with E-state index in [9.17, 15) is 19.2 Å². The quantitative estimate of drug-likeness (QED) is 0.516. The van der Waals surface area contributed by atoms with Crippen LogP contribution >= 0.6 is 0 Å². The van der Waals surface area contributed by atoms with Gasteiger partial charge in [0, 0.05) is 5.92 Å². The predicted octanol–water partition coefficient (Wildman–Crippen LogP) is 2.35. The van der Waals surface area contributed by atoms with E-state index in [1.807, 2.05) is 6.92 Å². The van der Waals surface area contributed by atoms with Crippen molar-refractivity contribution >= 4 is 23.5 Å². The van der Waals surface area contributed by atoms with Crippen LogP contribution < -0.4 is 0 Å². The van der Waals surface area contributed by atoms with Crippen LogP contribution in [0.15, 0.2) is 12.2 Å². The number of hydrogen-bond donors (Lipinski definition) is 0. The van der Waals surface area contributed by atoms with E-state index in [2.05, 4.69) is 6.58 Å². The van der Waals surface area contributed by atoms with Crippen molar-refractivity contribution in [2.24, 2.45) is 29.1 Å². The zero-order valence-electron chi connectivity index (χ0n) is 15.9. The van der Waals surface area contributed by atoms with E-state index < -0.39 is 41.0 Å². The molecule has 0 aromatic rings. The smallest absolute Gasteiger partial charge is 0.310 e. The molecule has 0 spiro atoms. The van der Waals surface area contributed by atoms with Gasteiger partial charge >= 0.3 is 11.9 Å². The van der Waals surface area contributed by atoms with Gasteiger partial charge in [-0.1, -0.05) is 33.8 Å². The number of Topliss-reactive ketones (excluding diaryl/α,β-unsaturated/α-hetero) is 2. The molecule has 5 unspecified atom stereocenters. The third kappa shape index (κ3) is 3.39. The van der Waals surface area contributed by atoms with Gasteiger partial charge in [0.1, 0.15) is 5.78 Å². The molecule has 5 atom stereocenters. The molecule has 0 heterocycles. The Balaban J connectivity index is 3.63. The lowest BCUT2D eigenvalue weighted by molar-refractivity contribution is -0.161. The number of hydrogen-bond acceptors (Lipinski definition) is 6. The van der Waals surface area contributed by atoms with Gasteiger partial charge in [-0.05, 0) is 24.8 Å². The zero-order valence-corrected chi connectivity index (χ0v) is 15.9. The molecule has 0 radical (unpaired) electrons. The predicted molar refractivity (Wildman–Crippen MR) is 91.5 cm³/mol. The van der Waals surface area contributed by atoms with Gasteiger partial charge in [0.25, 0.3) is 0 Å². The summed E-state index contributed by atoms with van der Waals surface area (Å²) >= 11 is 0. The van der Waals surface area contributed by atoms with Gasteiger partial charge in [0.15, 0.2) is 5.78 Å². The van der Waals surface area contributed by atoms with Crippen molar-refractivity contribution < 1.29 is 28.7 Å². The van der Waals surface area contributed by atoms with E-state index in [0.29, 0.717) is 18.4 Å². The summed E-state index contributed by atoms with van der Waals surface area (Å²) in [5.41, 5.74) is -1.09. The molecule has 1 rings (SSSR count). The summed E-state index contributed by atoms with van der Waals surface area (Å²) in [4.78, 5) is 50.5. The normalized spacial score (nSPS) is 31.3. The molecule has 0 amide bonds. The molecular formula is C19H28O6. The SMILES string of the molecule is C=C(CCC)C(=O)C1(C)C(C(=O)OC)C(C)C(C(C)=O)C1C(=O)OC. The molecule has 0 N–H and O–H groups in total. The summed E-state index contributed by atoms with van der Waals surface area (Å²) in [6.45, 7) is 10.4. The van der Waals surface area contributed by atoms with Crippen LogP contribution in [-0.2, 0) is 28.7 Å². The van der Waals surface area contributed by atoms with Crippen LogP contribution in [0.4, 0.5) is 0 Å². The van der Waals surface area contributed by atoms with E-state index >= 15 is 0 Å². The molecule has 1 fully saturated rings. The lowest BCUT2D eigenvalue weighted by Gasteiger charge is -2.34. The fraction of sp³-hybridized carbons (Fsp3) is 0.684. The van der Waals surface area contributed by atoms with Crippen LogP contribution in [0.3, 0.4) is 0 Å². The Kier molecular flexibility index (Phi) is 6.68. The summed E-state index contributed by atoms with van der Waals surface area (Å²) in [6.07, 6.45) is 1.16. The van der Waals surface area contributed by atoms with Crippen LogP contribution in [0.5, 0.6) is 0 Å². The average molecular weight is 352 g/mol. The Labute approximate surface area is 148 Å². The minimum absolute atomic E-state index is 0.255. The van der Waals surface area contributed by atoms with Crippen molar-refractivity contribution in [1.82, 2.24) is 0 Å². The first kappa shape index (κ1) is 21.1. The van der Waals surface area contributed by atoms with Crippen LogP contribution in [-0.4, -0.2) is 37.7 Å². The molecule has 0 aromatic carbocycles. The van der Waals surface area contributed by atoms with E-state index in [1.54, 1.807) is 13.8 Å². The van der Waals surface area contributed by atoms with Crippen LogP contribution in [0.1, 0.15) is 40.5 Å². The van der Waals surface area contributed by atoms with E-state index in [-0.39, 0.29) is 11.6 Å². The number of ether oxygens (including phenoxy) is 2. The number of methoxy groups -OCH3 is 2. The van der Waals surface area contributed by atoms with Crippen molar-refractivity contribution in [3.63, 3.8) is 0 Å². The lowest BCUT2D eigenvalue weighted by atomic mass is 9.66. The highest BCUT2D eigenvalue weighted by Crippen LogP contribution is 2.57. The molecule has 1 aliphatic carbocycles. The van der Waals surface area contributed by atoms with Crippen molar-refractivity contribution in [2.45, 2.75) is 40.5 Å². The van der Waals surface area contributed by atoms with Gasteiger partial charge < -0.3 is 9.47 Å². The van der Waals surface area contributed by atoms with Crippen LogP contribution in [0.25, 0.3) is 0 Å². The molecule has 1 aliphatic rings. The van der Waals surface area contributed by atoms with Gasteiger partial charge in [0.05, 0.1) is 31.5 Å². The third-order valence-corrected chi connectivity index (χ3v) is 5.49. The molecule has 6 heteroatoms. The highest BCUT2D eigenvalue weighted by atomic mass is 16.5. The molecular weight excluding hydrogens is 324 g/mol. The van der Waals surface area contributed by atoms with E-state index in [0.717, 1.165) is 0 Å². The Morgan fingerprint density at radius 2 is 1.52 bits per heavy atom. The molecule has 1 saturated carbocycles. The number of carbonyl (C=O) groups excluding carboxylic acids is 4. The summed E-state index contributed by atoms with van der Waals surface area (Å²) < 4.78 is 9.78. The van der Waals surface area contributed by atoms with Crippen molar-refractivity contribution in [2.75, 3.05) is 14.2 Å². The molecule has 0 saturated heterocycles. The van der Waals surface area contributed by atoms with Gasteiger partial charge in [-0.2, -0.15) is 0 Å². The third-order valence-electron chi connectivity index (χ3n) is 5.49. The lowest BCUT2D eigenvalue weighted by Crippen LogP contribution is -2.46. The van der Waals surface area contributed by atoms with Gasteiger partial charge in [-0.3, -0.25) is 19.2 Å². The maximum Gasteiger partial charge on any atom is 0.310 e. The Morgan fingerprint density at radius 3 is 1.92 bits per heavy atom. The fourth-order valence-corrected chi connectivity index (χ4v) is 4.41. The molecule has 0 bridgehead atoms. The first-order chi connectivity index (χ1) is 11.6. The highest BCUT2D eigenvalue weighted by molar-refractivity contribution is 6.06. The Hall–Kier alpha value is -1.98. The summed E-state index contributed by atoms with van der Waals surface area (Å²) in [7, 11) is 2.44. The first-order valence-electron chi connectivity index (χ1n) is 8.48. The second kappa shape index (κ2) is 7.93. The number of ketones is 2. The fourth-order valence-electron chi connectivity index (χ4n) is 4.41. The maximum absolute atomic E-state index is 13.2. The summed E-state index contributed by atoms with van der Waals surface area (Å²) in [5, 5.41) is 0. The monoisotopic (exact) mass is 352 g/mol. The Bertz CT molecular complexity index is 593. The molecule has 25 heavy (non-hydrogen) atoms. The van der Waals surface area contributed by atoms with Crippen molar-refractivity contribution in [3.05, 3.63) is 12.2 Å². The minimum Gasteiger partial charge on any atom is -0.469 e. The number of allylic oxidation sites excluding steroid dienone is 1. The standard InChI is InChI=1S/C19H28O6/c1-8-9-10(2)16(21)19(5)14(17(22)24-6)11(3)13(12(4)20)15(19)18(23)25-7/h11,13-15H,2,8-9H2,1,3-7H3. The van der Waals surface area contributed by atoms with Crippen LogP contribution in [0, 0.1) is 29.1 Å². The second-order valence-electron chi connectivity index (χ2n) is 6.96. The van der Waals surface area contributed by atoms with Crippen LogP contribution in [0.2, 0.25) is 0 Å². The van der Waals surface area contributed by atoms with Gasteiger partial charge in [-0.15, -0.1) is 0 Å². The first-order valence-corrected chi connectivity index (χ1v) is 8.48. The zero-order chi connectivity index (χ0) is 19.5. The molecule has 140 valence electrons. The van der Waals surface area contributed by atoms with Crippen molar-refractivity contribution in [1.29, 1.82) is 0 Å². The van der Waals surface area contributed by atoms with E-state index in [1.165, 1.54) is 21.1 Å². The largest absolute Gasteiger partial charge is 0.469 e. The number of rotatable bonds is 7. The average Bonchev–Trinajstić information content (AvgIpc) is 2.81. The highest BCUT2D eigenvalue weighted by Gasteiger charge is 2.66. The Morgan fingerprint density at radius 1 is 1.04 bits per heavy atom. The van der Waals surface area contributed by atoms with Gasteiger partial charge in [0.2, 0.25) is 0 Å². The van der Waals surface area contributed by atoms with E-state index in [4.69, 9.17) is 9.47 Å². The number of esters is 2.